The number of amides is 1. The molecule has 0 fully saturated rings. The van der Waals surface area contributed by atoms with E-state index < -0.39 is 40.8 Å². The fraction of sp³-hybridized carbons (Fsp3) is 0.125. The summed E-state index contributed by atoms with van der Waals surface area (Å²) in [5.74, 6) is -5.46. The van der Waals surface area contributed by atoms with Gasteiger partial charge in [-0.05, 0) is 37.3 Å². The second-order valence-electron chi connectivity index (χ2n) is 7.56. The molecule has 7 nitrogen and oxygen atoms in total. The Morgan fingerprint density at radius 3 is 2.33 bits per heavy atom. The Kier molecular flexibility index (Phi) is 7.03. The molecule has 0 spiro atoms. The van der Waals surface area contributed by atoms with Crippen molar-refractivity contribution in [2.24, 2.45) is 11.5 Å². The van der Waals surface area contributed by atoms with Crippen molar-refractivity contribution < 1.29 is 23.1 Å². The van der Waals surface area contributed by atoms with Gasteiger partial charge in [0.2, 0.25) is 5.91 Å². The highest BCUT2D eigenvalue weighted by molar-refractivity contribution is 7.07. The summed E-state index contributed by atoms with van der Waals surface area (Å²) >= 11 is 13.1. The van der Waals surface area contributed by atoms with Crippen molar-refractivity contribution >= 4 is 63.9 Å². The molecule has 0 unspecified atom stereocenters. The van der Waals surface area contributed by atoms with Crippen molar-refractivity contribution in [2.75, 3.05) is 6.61 Å². The van der Waals surface area contributed by atoms with Crippen LogP contribution in [0.15, 0.2) is 46.8 Å². The molecule has 1 aromatic heterocycles. The summed E-state index contributed by atoms with van der Waals surface area (Å²) in [6, 6.07) is 7.80. The number of carbonyl (C=O) groups is 2. The van der Waals surface area contributed by atoms with Crippen LogP contribution >= 0.6 is 34.5 Å². The van der Waals surface area contributed by atoms with Gasteiger partial charge in [0.15, 0.2) is 0 Å². The molecule has 4 N–H and O–H groups in total. The number of thiazole rings is 1. The number of ether oxygens (including phenoxy) is 1. The molecule has 0 bridgehead atoms. The number of nitrogens with two attached hydrogens (primary N) is 2. The SMILES string of the molecule is CCOC(=O)C1=C(N)n2c(s/c(=C\c3c(F)cccc3Cl)c2=O)=C(C(N)=O)[C@H]1c1c(F)cccc1Cl. The maximum Gasteiger partial charge on any atom is 0.338 e. The van der Waals surface area contributed by atoms with Crippen LogP contribution in [0.1, 0.15) is 24.0 Å². The van der Waals surface area contributed by atoms with E-state index in [0.29, 0.717) is 0 Å². The number of carbonyl (C=O) groups excluding carboxylic acids is 2. The van der Waals surface area contributed by atoms with Crippen molar-refractivity contribution in [1.82, 2.24) is 4.57 Å². The molecule has 2 aromatic carbocycles. The average Bonchev–Trinajstić information content (AvgIpc) is 3.12. The van der Waals surface area contributed by atoms with Crippen LogP contribution < -0.4 is 26.2 Å². The van der Waals surface area contributed by atoms with E-state index in [1.807, 2.05) is 0 Å². The number of rotatable bonds is 5. The average molecular weight is 552 g/mol. The Balaban J connectivity index is 2.18. The highest BCUT2D eigenvalue weighted by atomic mass is 35.5. The van der Waals surface area contributed by atoms with E-state index in [4.69, 9.17) is 39.4 Å². The molecule has 36 heavy (non-hydrogen) atoms. The Morgan fingerprint density at radius 1 is 1.11 bits per heavy atom. The van der Waals surface area contributed by atoms with Gasteiger partial charge in [0.25, 0.3) is 5.56 Å². The lowest BCUT2D eigenvalue weighted by Gasteiger charge is -2.27. The van der Waals surface area contributed by atoms with Crippen molar-refractivity contribution in [2.45, 2.75) is 12.8 Å². The number of hydrogen-bond donors (Lipinski definition) is 2. The quantitative estimate of drug-likeness (QED) is 0.472. The molecule has 1 atom stereocenters. The summed E-state index contributed by atoms with van der Waals surface area (Å²) in [5.41, 5.74) is 10.2. The van der Waals surface area contributed by atoms with Crippen molar-refractivity contribution in [3.63, 3.8) is 0 Å². The molecule has 0 saturated heterocycles. The lowest BCUT2D eigenvalue weighted by molar-refractivity contribution is -0.138. The number of nitrogens with zero attached hydrogens (tertiary/aromatic N) is 1. The van der Waals surface area contributed by atoms with E-state index >= 15 is 4.39 Å². The first-order valence-corrected chi connectivity index (χ1v) is 12.0. The molecule has 2 heterocycles. The Labute approximate surface area is 216 Å². The molecule has 0 radical (unpaired) electrons. The second kappa shape index (κ2) is 9.88. The molecule has 1 aliphatic rings. The van der Waals surface area contributed by atoms with Gasteiger partial charge in [-0.1, -0.05) is 35.3 Å². The van der Waals surface area contributed by atoms with Gasteiger partial charge in [-0.15, -0.1) is 11.3 Å². The third-order valence-corrected chi connectivity index (χ3v) is 7.24. The van der Waals surface area contributed by atoms with Crippen LogP contribution in [0, 0.1) is 11.6 Å². The molecule has 3 aromatic rings. The predicted octanol–water partition coefficient (Wildman–Crippen LogP) is 2.45. The highest BCUT2D eigenvalue weighted by Gasteiger charge is 2.40. The van der Waals surface area contributed by atoms with Gasteiger partial charge in [-0.3, -0.25) is 14.2 Å². The zero-order valence-corrected chi connectivity index (χ0v) is 20.8. The minimum atomic E-state index is -1.47. The predicted molar refractivity (Wildman–Crippen MR) is 134 cm³/mol. The third-order valence-electron chi connectivity index (χ3n) is 5.47. The number of aromatic nitrogens is 1. The van der Waals surface area contributed by atoms with Crippen LogP contribution in [0.4, 0.5) is 8.78 Å². The number of fused-ring (bicyclic) bond motifs is 1. The summed E-state index contributed by atoms with van der Waals surface area (Å²) in [5, 5.41) is -0.0674. The van der Waals surface area contributed by atoms with Gasteiger partial charge in [0.05, 0.1) is 33.2 Å². The van der Waals surface area contributed by atoms with Crippen molar-refractivity contribution in [3.8, 4) is 0 Å². The lowest BCUT2D eigenvalue weighted by Crippen LogP contribution is -2.42. The molecule has 186 valence electrons. The van der Waals surface area contributed by atoms with Crippen LogP contribution in [0.5, 0.6) is 0 Å². The fourth-order valence-electron chi connectivity index (χ4n) is 3.95. The molecular formula is C24H17Cl2F2N3O4S. The first-order chi connectivity index (χ1) is 17.1. The topological polar surface area (TPSA) is 117 Å². The number of hydrogen-bond acceptors (Lipinski definition) is 6. The summed E-state index contributed by atoms with van der Waals surface area (Å²) in [6.45, 7) is 1.46. The van der Waals surface area contributed by atoms with Gasteiger partial charge in [-0.2, -0.15) is 0 Å². The maximum absolute atomic E-state index is 15.1. The van der Waals surface area contributed by atoms with Crippen molar-refractivity contribution in [1.29, 1.82) is 0 Å². The van der Waals surface area contributed by atoms with Crippen LogP contribution in [0.25, 0.3) is 17.5 Å². The number of primary amides is 1. The van der Waals surface area contributed by atoms with Gasteiger partial charge < -0.3 is 16.2 Å². The minimum Gasteiger partial charge on any atom is -0.463 e. The minimum absolute atomic E-state index is 0.0385. The van der Waals surface area contributed by atoms with E-state index in [9.17, 15) is 18.8 Å². The zero-order chi connectivity index (χ0) is 26.3. The Hall–Kier alpha value is -3.47. The molecule has 0 saturated carbocycles. The van der Waals surface area contributed by atoms with Crippen LogP contribution in [-0.2, 0) is 14.3 Å². The normalized spacial score (nSPS) is 15.8. The monoisotopic (exact) mass is 551 g/mol. The Morgan fingerprint density at radius 2 is 1.75 bits per heavy atom. The van der Waals surface area contributed by atoms with Gasteiger partial charge in [-0.25, -0.2) is 13.6 Å². The van der Waals surface area contributed by atoms with Gasteiger partial charge in [0.1, 0.15) is 22.1 Å². The van der Waals surface area contributed by atoms with Crippen LogP contribution in [-0.4, -0.2) is 23.1 Å². The van der Waals surface area contributed by atoms with Gasteiger partial charge >= 0.3 is 5.97 Å². The standard InChI is InChI=1S/C24H17Cl2F2N3O4S/c1-2-35-24(34)18-17(16-12(26)6-4-8-14(16)28)19(21(30)32)23-31(20(18)29)22(33)15(36-23)9-10-11(25)5-3-7-13(10)27/h3-9,17H,2,29H2,1H3,(H2,30,32)/b15-9-/t17-/m0/s1. The highest BCUT2D eigenvalue weighted by Crippen LogP contribution is 2.41. The summed E-state index contributed by atoms with van der Waals surface area (Å²) < 4.78 is 35.3. The Bertz CT molecular complexity index is 1610. The summed E-state index contributed by atoms with van der Waals surface area (Å²) in [6.07, 6.45) is 1.19. The molecule has 4 rings (SSSR count). The fourth-order valence-corrected chi connectivity index (χ4v) is 5.61. The number of benzene rings is 2. The first-order valence-electron chi connectivity index (χ1n) is 10.4. The smallest absolute Gasteiger partial charge is 0.338 e. The molecule has 0 aliphatic carbocycles. The zero-order valence-electron chi connectivity index (χ0n) is 18.5. The molecule has 1 amide bonds. The van der Waals surface area contributed by atoms with E-state index in [1.54, 1.807) is 0 Å². The van der Waals surface area contributed by atoms with Gasteiger partial charge in [0, 0.05) is 16.1 Å². The third kappa shape index (κ3) is 4.21. The first kappa shape index (κ1) is 25.6. The second-order valence-corrected chi connectivity index (χ2v) is 9.40. The lowest BCUT2D eigenvalue weighted by atomic mass is 9.82. The molecule has 12 heteroatoms. The van der Waals surface area contributed by atoms with E-state index in [-0.39, 0.29) is 48.1 Å². The molecular weight excluding hydrogens is 535 g/mol. The molecule has 1 aliphatic heterocycles. The number of halogens is 4. The summed E-state index contributed by atoms with van der Waals surface area (Å²) in [4.78, 5) is 39.1. The van der Waals surface area contributed by atoms with E-state index in [2.05, 4.69) is 0 Å². The van der Waals surface area contributed by atoms with Crippen molar-refractivity contribution in [3.05, 3.63) is 94.3 Å². The van der Waals surface area contributed by atoms with E-state index in [1.165, 1.54) is 37.3 Å². The van der Waals surface area contributed by atoms with Crippen LogP contribution in [0.2, 0.25) is 10.0 Å². The van der Waals surface area contributed by atoms with E-state index in [0.717, 1.165) is 28.0 Å². The van der Waals surface area contributed by atoms with Crippen LogP contribution in [0.3, 0.4) is 0 Å². The largest absolute Gasteiger partial charge is 0.463 e. The maximum atomic E-state index is 15.1. The number of esters is 1. The summed E-state index contributed by atoms with van der Waals surface area (Å²) in [7, 11) is 0.